The van der Waals surface area contributed by atoms with Crippen molar-refractivity contribution in [3.63, 3.8) is 0 Å². The first-order valence-electron chi connectivity index (χ1n) is 6.73. The topological polar surface area (TPSA) is 63.6 Å². The van der Waals surface area contributed by atoms with Crippen LogP contribution in [0.5, 0.6) is 0 Å². The number of nitrogens with zero attached hydrogens (tertiary/aromatic N) is 3. The van der Waals surface area contributed by atoms with Gasteiger partial charge in [-0.1, -0.05) is 11.8 Å². The summed E-state index contributed by atoms with van der Waals surface area (Å²) < 4.78 is 2.07. The van der Waals surface area contributed by atoms with Gasteiger partial charge in [-0.15, -0.1) is 11.3 Å². The molecule has 0 aliphatic heterocycles. The molecule has 3 rings (SSSR count). The number of aromatic nitrogens is 4. The molecule has 0 saturated carbocycles. The Morgan fingerprint density at radius 1 is 1.43 bits per heavy atom. The van der Waals surface area contributed by atoms with Crippen LogP contribution in [0.25, 0.3) is 10.2 Å². The van der Waals surface area contributed by atoms with Crippen LogP contribution in [0.2, 0.25) is 0 Å². The highest BCUT2D eigenvalue weighted by Gasteiger charge is 2.12. The normalized spacial score (nSPS) is 11.4. The molecular formula is C14H16N4OS2. The minimum Gasteiger partial charge on any atom is -0.326 e. The Bertz CT molecular complexity index is 846. The second-order valence-electron chi connectivity index (χ2n) is 4.76. The number of aromatic amines is 1. The molecule has 3 aromatic heterocycles. The van der Waals surface area contributed by atoms with E-state index < -0.39 is 0 Å². The Morgan fingerprint density at radius 2 is 2.24 bits per heavy atom. The van der Waals surface area contributed by atoms with E-state index in [9.17, 15) is 4.79 Å². The predicted octanol–water partition coefficient (Wildman–Crippen LogP) is 3.11. The Morgan fingerprint density at radius 3 is 3.00 bits per heavy atom. The molecule has 21 heavy (non-hydrogen) atoms. The summed E-state index contributed by atoms with van der Waals surface area (Å²) in [6.45, 7) is 6.95. The van der Waals surface area contributed by atoms with Crippen molar-refractivity contribution >= 4 is 33.3 Å². The average Bonchev–Trinajstić information content (AvgIpc) is 3.02. The molecule has 110 valence electrons. The maximum Gasteiger partial charge on any atom is 0.259 e. The van der Waals surface area contributed by atoms with Crippen LogP contribution in [0.1, 0.15) is 23.2 Å². The highest BCUT2D eigenvalue weighted by molar-refractivity contribution is 7.98. The van der Waals surface area contributed by atoms with Crippen LogP contribution >= 0.6 is 23.1 Å². The molecule has 3 heterocycles. The molecule has 0 unspecified atom stereocenters. The number of aryl methyl sites for hydroxylation is 3. The lowest BCUT2D eigenvalue weighted by Gasteiger charge is -2.04. The Labute approximate surface area is 130 Å². The molecule has 0 bridgehead atoms. The van der Waals surface area contributed by atoms with Crippen molar-refractivity contribution in [2.75, 3.05) is 0 Å². The van der Waals surface area contributed by atoms with E-state index in [4.69, 9.17) is 0 Å². The van der Waals surface area contributed by atoms with Gasteiger partial charge >= 0.3 is 0 Å². The highest BCUT2D eigenvalue weighted by atomic mass is 32.2. The molecule has 0 amide bonds. The predicted molar refractivity (Wildman–Crippen MR) is 87.2 cm³/mol. The van der Waals surface area contributed by atoms with Gasteiger partial charge in [0.05, 0.1) is 11.1 Å². The largest absolute Gasteiger partial charge is 0.326 e. The third-order valence-corrected chi connectivity index (χ3v) is 5.56. The van der Waals surface area contributed by atoms with Crippen molar-refractivity contribution in [3.05, 3.63) is 39.0 Å². The zero-order valence-corrected chi connectivity index (χ0v) is 13.8. The van der Waals surface area contributed by atoms with Crippen molar-refractivity contribution in [2.24, 2.45) is 0 Å². The third-order valence-electron chi connectivity index (χ3n) is 3.44. The third kappa shape index (κ3) is 2.63. The van der Waals surface area contributed by atoms with Crippen molar-refractivity contribution in [1.82, 2.24) is 19.5 Å². The van der Waals surface area contributed by atoms with Crippen LogP contribution in [0.3, 0.4) is 0 Å². The van der Waals surface area contributed by atoms with E-state index in [-0.39, 0.29) is 5.56 Å². The van der Waals surface area contributed by atoms with Crippen LogP contribution < -0.4 is 5.56 Å². The first-order chi connectivity index (χ1) is 10.1. The highest BCUT2D eigenvalue weighted by Crippen LogP contribution is 2.26. The van der Waals surface area contributed by atoms with Gasteiger partial charge in [0.15, 0.2) is 5.16 Å². The van der Waals surface area contributed by atoms with Crippen molar-refractivity contribution < 1.29 is 0 Å². The van der Waals surface area contributed by atoms with Gasteiger partial charge in [0.25, 0.3) is 5.56 Å². The van der Waals surface area contributed by atoms with E-state index in [0.717, 1.165) is 32.4 Å². The van der Waals surface area contributed by atoms with Crippen LogP contribution in [0.4, 0.5) is 0 Å². The molecule has 0 spiro atoms. The lowest BCUT2D eigenvalue weighted by atomic mass is 10.2. The van der Waals surface area contributed by atoms with Crippen LogP contribution in [0, 0.1) is 13.8 Å². The second-order valence-corrected chi connectivity index (χ2v) is 6.91. The molecule has 0 radical (unpaired) electrons. The number of thiophene rings is 1. The first kappa shape index (κ1) is 14.3. The van der Waals surface area contributed by atoms with Crippen molar-refractivity contribution in [1.29, 1.82) is 0 Å². The zero-order chi connectivity index (χ0) is 15.0. The fourth-order valence-electron chi connectivity index (χ4n) is 2.18. The Kier molecular flexibility index (Phi) is 3.86. The molecule has 0 aliphatic carbocycles. The molecule has 0 aliphatic rings. The van der Waals surface area contributed by atoms with E-state index >= 15 is 0 Å². The lowest BCUT2D eigenvalue weighted by Crippen LogP contribution is -2.11. The number of hydrogen-bond donors (Lipinski definition) is 1. The summed E-state index contributed by atoms with van der Waals surface area (Å²) in [5.41, 5.74) is 0.987. The van der Waals surface area contributed by atoms with Gasteiger partial charge in [0, 0.05) is 23.8 Å². The molecular weight excluding hydrogens is 304 g/mol. The van der Waals surface area contributed by atoms with Gasteiger partial charge in [-0.25, -0.2) is 9.97 Å². The molecule has 0 atom stereocenters. The average molecular weight is 320 g/mol. The van der Waals surface area contributed by atoms with E-state index in [1.807, 2.05) is 20.0 Å². The number of rotatable bonds is 4. The molecule has 5 nitrogen and oxygen atoms in total. The quantitative estimate of drug-likeness (QED) is 0.750. The Balaban J connectivity index is 1.90. The van der Waals surface area contributed by atoms with Crippen molar-refractivity contribution in [2.45, 2.75) is 38.2 Å². The number of hydrogen-bond acceptors (Lipinski definition) is 5. The van der Waals surface area contributed by atoms with E-state index in [1.54, 1.807) is 29.3 Å². The summed E-state index contributed by atoms with van der Waals surface area (Å²) >= 11 is 3.16. The first-order valence-corrected chi connectivity index (χ1v) is 8.53. The summed E-state index contributed by atoms with van der Waals surface area (Å²) in [6.07, 6.45) is 3.74. The van der Waals surface area contributed by atoms with Gasteiger partial charge in [-0.05, 0) is 26.3 Å². The standard InChI is InChI=1S/C14H16N4OS2/c1-4-18-6-5-15-14(18)20-7-10-16-12(19)11-8(2)9(3)21-13(11)17-10/h5-6H,4,7H2,1-3H3,(H,16,17,19). The van der Waals surface area contributed by atoms with Crippen LogP contribution in [-0.2, 0) is 12.3 Å². The van der Waals surface area contributed by atoms with E-state index in [0.29, 0.717) is 11.6 Å². The smallest absolute Gasteiger partial charge is 0.259 e. The van der Waals surface area contributed by atoms with Gasteiger partial charge < -0.3 is 9.55 Å². The molecule has 0 aromatic carbocycles. The van der Waals surface area contributed by atoms with Gasteiger partial charge in [-0.3, -0.25) is 4.79 Å². The minimum absolute atomic E-state index is 0.0451. The second kappa shape index (κ2) is 5.65. The maximum atomic E-state index is 12.2. The minimum atomic E-state index is -0.0451. The lowest BCUT2D eigenvalue weighted by molar-refractivity contribution is 0.681. The number of H-pyrrole nitrogens is 1. The van der Waals surface area contributed by atoms with Gasteiger partial charge in [-0.2, -0.15) is 0 Å². The molecule has 0 saturated heterocycles. The fourth-order valence-corrected chi connectivity index (χ4v) is 4.12. The number of imidazole rings is 1. The molecule has 0 fully saturated rings. The van der Waals surface area contributed by atoms with Crippen molar-refractivity contribution in [3.8, 4) is 0 Å². The number of thioether (sulfide) groups is 1. The van der Waals surface area contributed by atoms with E-state index in [1.165, 1.54) is 0 Å². The number of nitrogens with one attached hydrogen (secondary N) is 1. The zero-order valence-electron chi connectivity index (χ0n) is 12.1. The van der Waals surface area contributed by atoms with Gasteiger partial charge in [0.1, 0.15) is 10.7 Å². The summed E-state index contributed by atoms with van der Waals surface area (Å²) in [5.74, 6) is 1.31. The monoisotopic (exact) mass is 320 g/mol. The van der Waals surface area contributed by atoms with Crippen LogP contribution in [-0.4, -0.2) is 19.5 Å². The summed E-state index contributed by atoms with van der Waals surface area (Å²) in [4.78, 5) is 25.9. The summed E-state index contributed by atoms with van der Waals surface area (Å²) in [7, 11) is 0. The summed E-state index contributed by atoms with van der Waals surface area (Å²) in [5, 5.41) is 1.67. The molecule has 1 N–H and O–H groups in total. The number of fused-ring (bicyclic) bond motifs is 1. The van der Waals surface area contributed by atoms with Gasteiger partial charge in [0.2, 0.25) is 0 Å². The van der Waals surface area contributed by atoms with Crippen LogP contribution in [0.15, 0.2) is 22.3 Å². The fraction of sp³-hybridized carbons (Fsp3) is 0.357. The summed E-state index contributed by atoms with van der Waals surface area (Å²) in [6, 6.07) is 0. The SMILES string of the molecule is CCn1ccnc1SCc1nc2sc(C)c(C)c2c(=O)[nH]1. The Hall–Kier alpha value is -1.60. The molecule has 7 heteroatoms. The maximum absolute atomic E-state index is 12.2. The van der Waals surface area contributed by atoms with E-state index in [2.05, 4.69) is 26.4 Å². The molecule has 3 aromatic rings.